The van der Waals surface area contributed by atoms with E-state index in [-0.39, 0.29) is 0 Å². The van der Waals surface area contributed by atoms with Crippen LogP contribution < -0.4 is 0 Å². The summed E-state index contributed by atoms with van der Waals surface area (Å²) in [5, 5.41) is 0. The standard InChI is InChI=1S/C32H48N2/c1-6-11-15-26-19-27(16-12-7-2)22-31(21-26)33-25-30(10-5)34-32-23-28(17-13-8-3)20-29(24-32)18-14-9-4/h19-25H,6-18H2,1-5H3. The summed E-state index contributed by atoms with van der Waals surface area (Å²) in [6, 6.07) is 13.9. The van der Waals surface area contributed by atoms with Gasteiger partial charge in [0.25, 0.3) is 0 Å². The third-order valence-electron chi connectivity index (χ3n) is 6.35. The molecule has 2 heteroatoms. The maximum absolute atomic E-state index is 5.04. The van der Waals surface area contributed by atoms with Crippen molar-refractivity contribution in [2.45, 2.75) is 118 Å². The van der Waals surface area contributed by atoms with Gasteiger partial charge in [0.2, 0.25) is 0 Å². The molecule has 2 rings (SSSR count). The summed E-state index contributed by atoms with van der Waals surface area (Å²) in [6.07, 6.45) is 17.3. The Morgan fingerprint density at radius 3 is 1.29 bits per heavy atom. The number of aryl methyl sites for hydroxylation is 4. The van der Waals surface area contributed by atoms with E-state index in [1.54, 1.807) is 0 Å². The molecule has 34 heavy (non-hydrogen) atoms. The molecule has 2 aromatic rings. The second kappa shape index (κ2) is 16.4. The third-order valence-corrected chi connectivity index (χ3v) is 6.35. The molecule has 0 bridgehead atoms. The van der Waals surface area contributed by atoms with E-state index in [1.807, 2.05) is 6.21 Å². The van der Waals surface area contributed by atoms with Gasteiger partial charge in [0.05, 0.1) is 17.1 Å². The highest BCUT2D eigenvalue weighted by molar-refractivity contribution is 6.31. The van der Waals surface area contributed by atoms with Crippen LogP contribution in [0.1, 0.15) is 115 Å². The average Bonchev–Trinajstić information content (AvgIpc) is 2.86. The van der Waals surface area contributed by atoms with Crippen LogP contribution in [0, 0.1) is 0 Å². The molecule has 2 nitrogen and oxygen atoms in total. The Morgan fingerprint density at radius 2 is 0.941 bits per heavy atom. The van der Waals surface area contributed by atoms with E-state index in [9.17, 15) is 0 Å². The highest BCUT2D eigenvalue weighted by atomic mass is 14.8. The van der Waals surface area contributed by atoms with Crippen LogP contribution in [0.25, 0.3) is 0 Å². The molecule has 0 heterocycles. The summed E-state index contributed by atoms with van der Waals surface area (Å²) in [5.41, 5.74) is 8.88. The molecular formula is C32H48N2. The van der Waals surface area contributed by atoms with Crippen LogP contribution in [-0.2, 0) is 25.7 Å². The first-order valence-electron chi connectivity index (χ1n) is 14.0. The quantitative estimate of drug-likeness (QED) is 0.223. The van der Waals surface area contributed by atoms with Crippen molar-refractivity contribution in [2.75, 3.05) is 0 Å². The van der Waals surface area contributed by atoms with Gasteiger partial charge in [-0.15, -0.1) is 0 Å². The molecule has 0 aliphatic heterocycles. The lowest BCUT2D eigenvalue weighted by molar-refractivity contribution is 0.780. The van der Waals surface area contributed by atoms with E-state index >= 15 is 0 Å². The van der Waals surface area contributed by atoms with Gasteiger partial charge >= 0.3 is 0 Å². The fourth-order valence-corrected chi connectivity index (χ4v) is 4.24. The molecule has 0 radical (unpaired) electrons. The summed E-state index contributed by atoms with van der Waals surface area (Å²) in [5.74, 6) is 0. The van der Waals surface area contributed by atoms with Crippen LogP contribution in [0.2, 0.25) is 0 Å². The molecule has 0 atom stereocenters. The molecule has 0 saturated heterocycles. The van der Waals surface area contributed by atoms with Crippen LogP contribution in [0.15, 0.2) is 46.4 Å². The van der Waals surface area contributed by atoms with Gasteiger partial charge in [-0.2, -0.15) is 0 Å². The lowest BCUT2D eigenvalue weighted by Crippen LogP contribution is -1.98. The van der Waals surface area contributed by atoms with Crippen molar-refractivity contribution in [3.05, 3.63) is 58.7 Å². The number of hydrogen-bond donors (Lipinski definition) is 0. The predicted molar refractivity (Wildman–Crippen MR) is 153 cm³/mol. The molecule has 186 valence electrons. The zero-order valence-electron chi connectivity index (χ0n) is 22.6. The number of nitrogens with zero attached hydrogens (tertiary/aromatic N) is 2. The lowest BCUT2D eigenvalue weighted by Gasteiger charge is -2.09. The Kier molecular flexibility index (Phi) is 13.5. The van der Waals surface area contributed by atoms with Crippen LogP contribution >= 0.6 is 0 Å². The van der Waals surface area contributed by atoms with Crippen LogP contribution in [-0.4, -0.2) is 11.9 Å². The van der Waals surface area contributed by atoms with Crippen molar-refractivity contribution in [1.82, 2.24) is 0 Å². The van der Waals surface area contributed by atoms with E-state index < -0.39 is 0 Å². The van der Waals surface area contributed by atoms with Gasteiger partial charge < -0.3 is 0 Å². The van der Waals surface area contributed by atoms with Gasteiger partial charge in [-0.05, 0) is 104 Å². The number of benzene rings is 2. The summed E-state index contributed by atoms with van der Waals surface area (Å²) in [4.78, 5) is 9.94. The SMILES string of the molecule is CCCCc1cc(CCCC)cc(N=CC(CC)=Nc2cc(CCCC)cc(CCCC)c2)c1. The summed E-state index contributed by atoms with van der Waals surface area (Å²) in [7, 11) is 0. The van der Waals surface area contributed by atoms with Gasteiger partial charge in [0.15, 0.2) is 0 Å². The Hall–Kier alpha value is -2.22. The molecule has 0 amide bonds. The van der Waals surface area contributed by atoms with Crippen molar-refractivity contribution < 1.29 is 0 Å². The Balaban J connectivity index is 2.30. The van der Waals surface area contributed by atoms with E-state index in [0.717, 1.165) is 49.2 Å². The van der Waals surface area contributed by atoms with Crippen molar-refractivity contribution >= 4 is 23.3 Å². The van der Waals surface area contributed by atoms with E-state index in [4.69, 9.17) is 9.98 Å². The molecule has 2 aromatic carbocycles. The highest BCUT2D eigenvalue weighted by Crippen LogP contribution is 2.23. The second-order valence-electron chi connectivity index (χ2n) is 9.64. The largest absolute Gasteiger partial charge is 0.255 e. The van der Waals surface area contributed by atoms with E-state index in [2.05, 4.69) is 71.0 Å². The Bertz CT molecular complexity index is 855. The zero-order chi connectivity index (χ0) is 24.6. The van der Waals surface area contributed by atoms with E-state index in [0.29, 0.717) is 0 Å². The molecule has 0 aliphatic rings. The minimum atomic E-state index is 0.880. The lowest BCUT2D eigenvalue weighted by atomic mass is 10.0. The van der Waals surface area contributed by atoms with Gasteiger partial charge in [0.1, 0.15) is 0 Å². The minimum Gasteiger partial charge on any atom is -0.255 e. The van der Waals surface area contributed by atoms with Gasteiger partial charge in [-0.1, -0.05) is 72.4 Å². The van der Waals surface area contributed by atoms with Crippen molar-refractivity contribution in [3.8, 4) is 0 Å². The predicted octanol–water partition coefficient (Wildman–Crippen LogP) is 9.94. The molecule has 0 saturated carbocycles. The van der Waals surface area contributed by atoms with Crippen molar-refractivity contribution in [2.24, 2.45) is 9.98 Å². The topological polar surface area (TPSA) is 24.7 Å². The summed E-state index contributed by atoms with van der Waals surface area (Å²) in [6.45, 7) is 11.2. The van der Waals surface area contributed by atoms with Crippen molar-refractivity contribution in [3.63, 3.8) is 0 Å². The zero-order valence-corrected chi connectivity index (χ0v) is 22.6. The summed E-state index contributed by atoms with van der Waals surface area (Å²) >= 11 is 0. The third kappa shape index (κ3) is 10.4. The maximum Gasteiger partial charge on any atom is 0.0639 e. The number of aliphatic imine (C=N–C) groups is 2. The molecule has 0 aliphatic carbocycles. The first-order valence-corrected chi connectivity index (χ1v) is 14.0. The van der Waals surface area contributed by atoms with Gasteiger partial charge in [-0.25, -0.2) is 0 Å². The first kappa shape index (κ1) is 28.0. The molecule has 0 spiro atoms. The smallest absolute Gasteiger partial charge is 0.0639 e. The van der Waals surface area contributed by atoms with Gasteiger partial charge in [0, 0.05) is 6.21 Å². The molecule has 0 unspecified atom stereocenters. The molecule has 0 fully saturated rings. The first-order chi connectivity index (χ1) is 16.6. The average molecular weight is 461 g/mol. The number of rotatable bonds is 16. The van der Waals surface area contributed by atoms with E-state index in [1.165, 1.54) is 73.6 Å². The molecule has 0 N–H and O–H groups in total. The van der Waals surface area contributed by atoms with Crippen LogP contribution in [0.5, 0.6) is 0 Å². The minimum absolute atomic E-state index is 0.880. The van der Waals surface area contributed by atoms with Crippen LogP contribution in [0.4, 0.5) is 11.4 Å². The second-order valence-corrected chi connectivity index (χ2v) is 9.64. The fraction of sp³-hybridized carbons (Fsp3) is 0.562. The van der Waals surface area contributed by atoms with Crippen LogP contribution in [0.3, 0.4) is 0 Å². The fourth-order valence-electron chi connectivity index (χ4n) is 4.24. The molecular weight excluding hydrogens is 412 g/mol. The number of unbranched alkanes of at least 4 members (excludes halogenated alkanes) is 4. The summed E-state index contributed by atoms with van der Waals surface area (Å²) < 4.78 is 0. The normalized spacial score (nSPS) is 12.1. The highest BCUT2D eigenvalue weighted by Gasteiger charge is 2.04. The van der Waals surface area contributed by atoms with Crippen molar-refractivity contribution in [1.29, 1.82) is 0 Å². The maximum atomic E-state index is 5.04. The van der Waals surface area contributed by atoms with Gasteiger partial charge in [-0.3, -0.25) is 9.98 Å². The Morgan fingerprint density at radius 1 is 0.559 bits per heavy atom. The monoisotopic (exact) mass is 460 g/mol. The number of hydrogen-bond acceptors (Lipinski definition) is 2. The molecule has 0 aromatic heterocycles. The Labute approximate surface area is 210 Å².